The van der Waals surface area contributed by atoms with Crippen LogP contribution in [0.4, 0.5) is 11.4 Å². The summed E-state index contributed by atoms with van der Waals surface area (Å²) in [6.07, 6.45) is 1.41. The van der Waals surface area contributed by atoms with E-state index in [1.165, 1.54) is 25.1 Å². The molecule has 0 saturated carbocycles. The van der Waals surface area contributed by atoms with Gasteiger partial charge >= 0.3 is 0 Å². The van der Waals surface area contributed by atoms with Crippen LogP contribution in [0.1, 0.15) is 12.5 Å². The molecule has 0 unspecified atom stereocenters. The molecule has 124 valence electrons. The molecule has 1 N–H and O–H groups in total. The zero-order valence-electron chi connectivity index (χ0n) is 12.7. The summed E-state index contributed by atoms with van der Waals surface area (Å²) in [5, 5.41) is 14.2. The van der Waals surface area contributed by atoms with E-state index in [9.17, 15) is 23.3 Å². The number of carbonyl (C=O) groups is 1. The van der Waals surface area contributed by atoms with Gasteiger partial charge in [0.25, 0.3) is 5.69 Å². The second-order valence-corrected chi connectivity index (χ2v) is 6.74. The Balaban J connectivity index is 2.17. The number of benzene rings is 2. The molecule has 7 nitrogen and oxygen atoms in total. The van der Waals surface area contributed by atoms with E-state index in [0.29, 0.717) is 11.3 Å². The van der Waals surface area contributed by atoms with Crippen molar-refractivity contribution in [2.45, 2.75) is 11.8 Å². The fraction of sp³-hybridized carbons (Fsp3) is 0.0625. The molecule has 0 spiro atoms. The maximum atomic E-state index is 12.2. The van der Waals surface area contributed by atoms with Gasteiger partial charge in [-0.2, -0.15) is 0 Å². The number of hydrogen-bond donors (Lipinski definition) is 1. The molecular weight excluding hydrogens is 332 g/mol. The Bertz CT molecular complexity index is 885. The molecule has 24 heavy (non-hydrogen) atoms. The topological polar surface area (TPSA) is 106 Å². The Morgan fingerprint density at radius 3 is 2.17 bits per heavy atom. The number of nitrogens with zero attached hydrogens (tertiary/aromatic N) is 1. The number of hydrogen-bond acceptors (Lipinski definition) is 5. The molecule has 0 aliphatic heterocycles. The number of amides is 1. The van der Waals surface area contributed by atoms with Crippen LogP contribution in [0.15, 0.2) is 58.8 Å². The number of nitro benzene ring substituents is 1. The first-order chi connectivity index (χ1) is 11.3. The fourth-order valence-corrected chi connectivity index (χ4v) is 2.89. The molecule has 0 fully saturated rings. The van der Waals surface area contributed by atoms with Crippen molar-refractivity contribution in [2.24, 2.45) is 0 Å². The zero-order valence-corrected chi connectivity index (χ0v) is 13.5. The van der Waals surface area contributed by atoms with Crippen molar-refractivity contribution in [1.82, 2.24) is 0 Å². The van der Waals surface area contributed by atoms with Gasteiger partial charge in [-0.25, -0.2) is 8.42 Å². The van der Waals surface area contributed by atoms with Gasteiger partial charge in [-0.1, -0.05) is 12.1 Å². The lowest BCUT2D eigenvalue weighted by molar-refractivity contribution is -0.384. The summed E-state index contributed by atoms with van der Waals surface area (Å²) in [7, 11) is -3.70. The van der Waals surface area contributed by atoms with E-state index in [1.54, 1.807) is 24.3 Å². The van der Waals surface area contributed by atoms with E-state index in [1.807, 2.05) is 0 Å². The van der Waals surface area contributed by atoms with Crippen molar-refractivity contribution in [3.05, 3.63) is 69.6 Å². The second-order valence-electron chi connectivity index (χ2n) is 4.90. The van der Waals surface area contributed by atoms with Crippen LogP contribution in [0.2, 0.25) is 0 Å². The van der Waals surface area contributed by atoms with Crippen LogP contribution >= 0.6 is 0 Å². The summed E-state index contributed by atoms with van der Waals surface area (Å²) < 4.78 is 24.4. The highest BCUT2D eigenvalue weighted by Crippen LogP contribution is 2.19. The number of carbonyl (C=O) groups excluding carboxylic acids is 1. The van der Waals surface area contributed by atoms with Gasteiger partial charge in [0.1, 0.15) is 0 Å². The minimum absolute atomic E-state index is 0.0285. The van der Waals surface area contributed by atoms with Gasteiger partial charge in [-0.05, 0) is 35.9 Å². The zero-order chi connectivity index (χ0) is 17.7. The molecule has 0 aromatic heterocycles. The summed E-state index contributed by atoms with van der Waals surface area (Å²) in [4.78, 5) is 20.9. The van der Waals surface area contributed by atoms with Crippen LogP contribution in [0.5, 0.6) is 0 Å². The first kappa shape index (κ1) is 17.4. The van der Waals surface area contributed by atoms with Gasteiger partial charge in [-0.3, -0.25) is 14.9 Å². The van der Waals surface area contributed by atoms with E-state index in [0.717, 1.165) is 17.5 Å². The third-order valence-electron chi connectivity index (χ3n) is 3.05. The molecule has 0 atom stereocenters. The van der Waals surface area contributed by atoms with Gasteiger partial charge in [0.15, 0.2) is 9.84 Å². The Labute approximate surface area is 138 Å². The lowest BCUT2D eigenvalue weighted by Gasteiger charge is -2.02. The summed E-state index contributed by atoms with van der Waals surface area (Å²) in [5.74, 6) is -0.195. The molecule has 0 aliphatic carbocycles. The van der Waals surface area contributed by atoms with Crippen LogP contribution in [-0.2, 0) is 14.6 Å². The number of anilines is 1. The Kier molecular flexibility index (Phi) is 5.10. The number of rotatable bonds is 5. The molecule has 0 bridgehead atoms. The quantitative estimate of drug-likeness (QED) is 0.661. The van der Waals surface area contributed by atoms with Crippen LogP contribution in [-0.4, -0.2) is 19.2 Å². The summed E-state index contributed by atoms with van der Waals surface area (Å²) >= 11 is 0. The van der Waals surface area contributed by atoms with E-state index in [4.69, 9.17) is 0 Å². The minimum atomic E-state index is -3.70. The van der Waals surface area contributed by atoms with E-state index in [-0.39, 0.29) is 16.5 Å². The summed E-state index contributed by atoms with van der Waals surface area (Å²) in [6, 6.07) is 11.3. The van der Waals surface area contributed by atoms with Gasteiger partial charge < -0.3 is 5.32 Å². The highest BCUT2D eigenvalue weighted by molar-refractivity contribution is 7.94. The third kappa shape index (κ3) is 4.50. The van der Waals surface area contributed by atoms with Crippen LogP contribution in [0.25, 0.3) is 6.08 Å². The Morgan fingerprint density at radius 1 is 1.08 bits per heavy atom. The van der Waals surface area contributed by atoms with Crippen molar-refractivity contribution in [3.8, 4) is 0 Å². The van der Waals surface area contributed by atoms with Crippen molar-refractivity contribution in [3.63, 3.8) is 0 Å². The maximum absolute atomic E-state index is 12.2. The average Bonchev–Trinajstić information content (AvgIpc) is 2.54. The molecule has 2 rings (SSSR count). The lowest BCUT2D eigenvalue weighted by Crippen LogP contribution is -2.05. The van der Waals surface area contributed by atoms with Gasteiger partial charge in [-0.15, -0.1) is 0 Å². The third-order valence-corrected chi connectivity index (χ3v) is 4.47. The normalized spacial score (nSPS) is 11.4. The molecular formula is C16H14N2O5S. The van der Waals surface area contributed by atoms with Crippen molar-refractivity contribution in [2.75, 3.05) is 5.32 Å². The molecule has 2 aromatic carbocycles. The summed E-state index contributed by atoms with van der Waals surface area (Å²) in [5.41, 5.74) is 1.07. The smallest absolute Gasteiger partial charge is 0.269 e. The number of sulfone groups is 1. The second kappa shape index (κ2) is 7.05. The van der Waals surface area contributed by atoms with Crippen molar-refractivity contribution < 1.29 is 18.1 Å². The first-order valence-electron chi connectivity index (χ1n) is 6.83. The highest BCUT2D eigenvalue weighted by atomic mass is 32.2. The Hall–Kier alpha value is -3.00. The number of nitrogens with one attached hydrogen (secondary N) is 1. The molecule has 0 radical (unpaired) electrons. The highest BCUT2D eigenvalue weighted by Gasteiger charge is 2.12. The standard InChI is InChI=1S/C16H14N2O5S/c1-12(19)17-14-4-2-13(3-5-14)10-11-24(22,23)16-8-6-15(7-9-16)18(20)21/h2-11H,1H3,(H,17,19)/b11-10+. The lowest BCUT2D eigenvalue weighted by atomic mass is 10.2. The predicted molar refractivity (Wildman–Crippen MR) is 90.1 cm³/mol. The van der Waals surface area contributed by atoms with Crippen LogP contribution in [0, 0.1) is 10.1 Å². The fourth-order valence-electron chi connectivity index (χ4n) is 1.89. The monoisotopic (exact) mass is 346 g/mol. The summed E-state index contributed by atoms with van der Waals surface area (Å²) in [6.45, 7) is 1.39. The van der Waals surface area contributed by atoms with E-state index in [2.05, 4.69) is 5.32 Å². The Morgan fingerprint density at radius 2 is 1.67 bits per heavy atom. The van der Waals surface area contributed by atoms with Gasteiger partial charge in [0.05, 0.1) is 9.82 Å². The minimum Gasteiger partial charge on any atom is -0.326 e. The predicted octanol–water partition coefficient (Wildman–Crippen LogP) is 3.00. The van der Waals surface area contributed by atoms with Gasteiger partial charge in [0.2, 0.25) is 5.91 Å². The molecule has 2 aromatic rings. The van der Waals surface area contributed by atoms with E-state index < -0.39 is 14.8 Å². The number of non-ortho nitro benzene ring substituents is 1. The SMILES string of the molecule is CC(=O)Nc1ccc(/C=C/S(=O)(=O)c2ccc([N+](=O)[O-])cc2)cc1. The molecule has 8 heteroatoms. The molecule has 0 saturated heterocycles. The van der Waals surface area contributed by atoms with Crippen LogP contribution < -0.4 is 5.32 Å². The van der Waals surface area contributed by atoms with E-state index >= 15 is 0 Å². The molecule has 0 aliphatic rings. The average molecular weight is 346 g/mol. The maximum Gasteiger partial charge on any atom is 0.269 e. The van der Waals surface area contributed by atoms with Crippen LogP contribution in [0.3, 0.4) is 0 Å². The van der Waals surface area contributed by atoms with Crippen molar-refractivity contribution in [1.29, 1.82) is 0 Å². The molecule has 1 amide bonds. The number of nitro groups is 1. The largest absolute Gasteiger partial charge is 0.326 e. The first-order valence-corrected chi connectivity index (χ1v) is 8.38. The van der Waals surface area contributed by atoms with Crippen molar-refractivity contribution >= 4 is 33.2 Å². The molecule has 0 heterocycles. The van der Waals surface area contributed by atoms with Gasteiger partial charge in [0, 0.05) is 30.2 Å².